The second-order valence-corrected chi connectivity index (χ2v) is 2.73. The molecule has 0 bridgehead atoms. The minimum atomic E-state index is -2.74. The van der Waals surface area contributed by atoms with E-state index in [2.05, 4.69) is 0 Å². The molecule has 0 fully saturated rings. The van der Waals surface area contributed by atoms with Crippen LogP contribution in [0.4, 0.5) is 4.79 Å². The first-order valence-electron chi connectivity index (χ1n) is 3.78. The zero-order chi connectivity index (χ0) is 14.2. The van der Waals surface area contributed by atoms with Gasteiger partial charge in [-0.15, -0.1) is 0 Å². The predicted molar refractivity (Wildman–Crippen MR) is 48.2 cm³/mol. The topological polar surface area (TPSA) is 195 Å². The predicted octanol–water partition coefficient (Wildman–Crippen LogP) is -4.08. The Hall–Kier alpha value is -1.59. The van der Waals surface area contributed by atoms with E-state index in [0.29, 0.717) is 0 Å². The van der Waals surface area contributed by atoms with Crippen LogP contribution in [0.1, 0.15) is 12.8 Å². The summed E-state index contributed by atoms with van der Waals surface area (Å²) in [6, 6.07) is 0. The normalized spacial score (nSPS) is 9.17. The molecule has 0 rings (SSSR count). The molecule has 4 N–H and O–H groups in total. The zero-order valence-electron chi connectivity index (χ0n) is 8.86. The quantitative estimate of drug-likeness (QED) is 0.358. The number of aliphatic carboxylic acids is 3. The Labute approximate surface area is 116 Å². The second-order valence-electron chi connectivity index (χ2n) is 2.73. The summed E-state index contributed by atoms with van der Waals surface area (Å²) in [6.07, 6.45) is -4.62. The van der Waals surface area contributed by atoms with Crippen LogP contribution >= 0.6 is 0 Å². The Balaban J connectivity index is -0.000000392. The fourth-order valence-corrected chi connectivity index (χ4v) is 0.714. The monoisotopic (exact) mass is 276 g/mol. The van der Waals surface area contributed by atoms with Gasteiger partial charge in [0.1, 0.15) is 0 Å². The van der Waals surface area contributed by atoms with Gasteiger partial charge in [-0.2, -0.15) is 0 Å². The third kappa shape index (κ3) is 12.5. The van der Waals surface area contributed by atoms with Crippen molar-refractivity contribution in [1.82, 2.24) is 0 Å². The van der Waals surface area contributed by atoms with Crippen LogP contribution in [0, 0.1) is 0 Å². The number of carbonyl (C=O) groups is 4. The molecule has 0 aliphatic heterocycles. The third-order valence-electron chi connectivity index (χ3n) is 1.29. The van der Waals surface area contributed by atoms with E-state index in [1.807, 2.05) is 0 Å². The van der Waals surface area contributed by atoms with Crippen LogP contribution in [-0.4, -0.2) is 73.1 Å². The van der Waals surface area contributed by atoms with Crippen LogP contribution in [0.25, 0.3) is 0 Å². The van der Waals surface area contributed by atoms with Crippen molar-refractivity contribution in [2.45, 2.75) is 18.4 Å². The van der Waals surface area contributed by atoms with Crippen molar-refractivity contribution in [3.63, 3.8) is 0 Å². The van der Waals surface area contributed by atoms with E-state index >= 15 is 0 Å². The Bertz CT molecular complexity index is 304. The molecule has 0 aromatic carbocycles. The summed E-state index contributed by atoms with van der Waals surface area (Å²) in [4.78, 5) is 38.8. The van der Waals surface area contributed by atoms with Gasteiger partial charge in [0.05, 0.1) is 12.8 Å². The summed E-state index contributed by atoms with van der Waals surface area (Å²) in [5.41, 5.74) is -2.74. The van der Waals surface area contributed by atoms with Crippen molar-refractivity contribution in [3.8, 4) is 0 Å². The molecule has 0 aromatic heterocycles. The number of carboxylic acids is 3. The maximum Gasteiger partial charge on any atom is 2.00 e. The minimum Gasteiger partial charge on any atom is -0.652 e. The Morgan fingerprint density at radius 3 is 1.22 bits per heavy atom. The molecule has 0 amide bonds. The Kier molecular flexibility index (Phi) is 11.4. The van der Waals surface area contributed by atoms with Gasteiger partial charge in [0.25, 0.3) is 0 Å². The first-order chi connectivity index (χ1) is 7.51. The molecule has 0 unspecified atom stereocenters. The number of rotatable bonds is 5. The first-order valence-corrected chi connectivity index (χ1v) is 3.78. The maximum atomic E-state index is 10.3. The number of hydrogen-bond donors (Lipinski definition) is 4. The van der Waals surface area contributed by atoms with Crippen LogP contribution in [0.2, 0.25) is 0 Å². The number of aliphatic hydroxyl groups is 1. The maximum absolute atomic E-state index is 10.3. The van der Waals surface area contributed by atoms with Crippen LogP contribution < -0.4 is 10.2 Å². The Morgan fingerprint density at radius 1 is 0.889 bits per heavy atom. The van der Waals surface area contributed by atoms with Crippen molar-refractivity contribution < 1.29 is 49.8 Å². The molecule has 11 heteroatoms. The van der Waals surface area contributed by atoms with E-state index in [9.17, 15) is 14.4 Å². The van der Waals surface area contributed by atoms with Gasteiger partial charge in [0.2, 0.25) is 0 Å². The smallest absolute Gasteiger partial charge is 0.652 e. The molecule has 0 aliphatic carbocycles. The molecule has 98 valence electrons. The van der Waals surface area contributed by atoms with E-state index in [4.69, 9.17) is 35.4 Å². The van der Waals surface area contributed by atoms with Crippen molar-refractivity contribution >= 4 is 47.1 Å². The second kappa shape index (κ2) is 9.44. The largest absolute Gasteiger partial charge is 2.00 e. The van der Waals surface area contributed by atoms with Crippen LogP contribution in [0.5, 0.6) is 0 Å². The van der Waals surface area contributed by atoms with Gasteiger partial charge < -0.3 is 35.4 Å². The van der Waals surface area contributed by atoms with E-state index < -0.39 is 42.5 Å². The van der Waals surface area contributed by atoms with E-state index in [1.165, 1.54) is 0 Å². The molecule has 0 atom stereocenters. The number of hydrogen-bond acceptors (Lipinski definition) is 7. The average molecular weight is 276 g/mol. The van der Waals surface area contributed by atoms with Crippen molar-refractivity contribution in [2.24, 2.45) is 0 Å². The van der Waals surface area contributed by atoms with Crippen LogP contribution in [0.3, 0.4) is 0 Å². The summed E-state index contributed by atoms with van der Waals surface area (Å²) in [5.74, 6) is -5.02. The van der Waals surface area contributed by atoms with E-state index in [1.54, 1.807) is 0 Å². The van der Waals surface area contributed by atoms with Crippen LogP contribution in [-0.2, 0) is 14.4 Å². The summed E-state index contributed by atoms with van der Waals surface area (Å²) in [7, 11) is 0. The van der Waals surface area contributed by atoms with Crippen LogP contribution in [0.15, 0.2) is 0 Å². The molecule has 0 aliphatic rings. The molecular weight excluding hydrogens is 268 g/mol. The SMILES string of the molecule is O=C(O)CC(O)(CC(=O)O)C(=O)O.O=C([O-])[O-].[Mg+2]. The summed E-state index contributed by atoms with van der Waals surface area (Å²) in [6.45, 7) is 0. The summed E-state index contributed by atoms with van der Waals surface area (Å²) in [5, 5.41) is 50.5. The molecule has 0 saturated carbocycles. The number of carbonyl (C=O) groups excluding carboxylic acids is 1. The van der Waals surface area contributed by atoms with Crippen molar-refractivity contribution in [1.29, 1.82) is 0 Å². The summed E-state index contributed by atoms with van der Waals surface area (Å²) < 4.78 is 0. The third-order valence-corrected chi connectivity index (χ3v) is 1.29. The minimum absolute atomic E-state index is 0. The first kappa shape index (κ1) is 21.7. The van der Waals surface area contributed by atoms with E-state index in [-0.39, 0.29) is 23.1 Å². The Morgan fingerprint density at radius 2 is 1.11 bits per heavy atom. The molecule has 0 spiro atoms. The standard InChI is InChI=1S/C6H8O7.CH2O3.Mg/c7-3(8)1-6(13,5(11)12)2-4(9)10;2-1(3)4;/h13H,1-2H2,(H,7,8)(H,9,10)(H,11,12);(H2,2,3,4);/q;;+2/p-2. The van der Waals surface area contributed by atoms with Gasteiger partial charge in [-0.1, -0.05) is 0 Å². The van der Waals surface area contributed by atoms with Gasteiger partial charge >= 0.3 is 41.0 Å². The van der Waals surface area contributed by atoms with Crippen molar-refractivity contribution in [3.05, 3.63) is 0 Å². The average Bonchev–Trinajstić information content (AvgIpc) is 1.98. The van der Waals surface area contributed by atoms with E-state index in [0.717, 1.165) is 0 Å². The van der Waals surface area contributed by atoms with Gasteiger partial charge in [0, 0.05) is 0 Å². The molecule has 18 heavy (non-hydrogen) atoms. The molecule has 0 aromatic rings. The van der Waals surface area contributed by atoms with Gasteiger partial charge in [-0.05, 0) is 6.16 Å². The fourth-order valence-electron chi connectivity index (χ4n) is 0.714. The molecule has 0 radical (unpaired) electrons. The zero-order valence-corrected chi connectivity index (χ0v) is 10.3. The van der Waals surface area contributed by atoms with Gasteiger partial charge in [-0.25, -0.2) is 4.79 Å². The van der Waals surface area contributed by atoms with Gasteiger partial charge in [-0.3, -0.25) is 9.59 Å². The van der Waals surface area contributed by atoms with Gasteiger partial charge in [0.15, 0.2) is 5.60 Å². The molecule has 0 saturated heterocycles. The molecular formula is C7H8MgO10. The molecule has 0 heterocycles. The van der Waals surface area contributed by atoms with Crippen molar-refractivity contribution in [2.75, 3.05) is 0 Å². The molecule has 10 nitrogen and oxygen atoms in total. The summed E-state index contributed by atoms with van der Waals surface area (Å²) >= 11 is 0. The fraction of sp³-hybridized carbons (Fsp3) is 0.429. The number of carboxylic acid groups (broad SMARTS) is 5.